The second kappa shape index (κ2) is 3.78. The lowest BCUT2D eigenvalue weighted by atomic mass is 10.0. The van der Waals surface area contributed by atoms with Crippen LogP contribution in [0.4, 0.5) is 4.39 Å². The molecule has 0 aliphatic carbocycles. The summed E-state index contributed by atoms with van der Waals surface area (Å²) in [5, 5.41) is 0. The Bertz CT molecular complexity index is 362. The van der Waals surface area contributed by atoms with Gasteiger partial charge in [0.2, 0.25) is 0 Å². The molecule has 3 heteroatoms. The van der Waals surface area contributed by atoms with E-state index in [9.17, 15) is 4.39 Å². The number of hydrogen-bond acceptors (Lipinski definition) is 2. The maximum Gasteiger partial charge on any atom is 0.169 e. The SMILES string of the molecule is Cc1ccc(F)c(CC2COC=N2)c1. The molecular formula is C11H12FNO. The predicted octanol–water partition coefficient (Wildman–Crippen LogP) is 2.10. The average Bonchev–Trinajstić information content (AvgIpc) is 2.64. The molecule has 0 saturated heterocycles. The van der Waals surface area contributed by atoms with Crippen molar-refractivity contribution in [3.05, 3.63) is 35.1 Å². The molecule has 1 aliphatic heterocycles. The van der Waals surface area contributed by atoms with Gasteiger partial charge in [0.1, 0.15) is 12.4 Å². The van der Waals surface area contributed by atoms with Crippen LogP contribution in [0.25, 0.3) is 0 Å². The molecule has 0 fully saturated rings. The molecule has 0 amide bonds. The smallest absolute Gasteiger partial charge is 0.169 e. The zero-order chi connectivity index (χ0) is 9.97. The summed E-state index contributed by atoms with van der Waals surface area (Å²) in [6, 6.07) is 5.21. The van der Waals surface area contributed by atoms with Gasteiger partial charge in [0.05, 0.1) is 6.04 Å². The van der Waals surface area contributed by atoms with Gasteiger partial charge in [-0.1, -0.05) is 17.7 Å². The second-order valence-corrected chi connectivity index (χ2v) is 3.54. The van der Waals surface area contributed by atoms with Crippen LogP contribution in [-0.2, 0) is 11.2 Å². The first-order valence-corrected chi connectivity index (χ1v) is 4.64. The van der Waals surface area contributed by atoms with Crippen LogP contribution in [0, 0.1) is 12.7 Å². The molecule has 1 aliphatic rings. The number of ether oxygens (including phenoxy) is 1. The fraction of sp³-hybridized carbons (Fsp3) is 0.364. The normalized spacial score (nSPS) is 19.7. The Morgan fingerprint density at radius 2 is 2.43 bits per heavy atom. The molecule has 0 saturated carbocycles. The fourth-order valence-electron chi connectivity index (χ4n) is 1.55. The van der Waals surface area contributed by atoms with Crippen molar-refractivity contribution < 1.29 is 9.13 Å². The Balaban J connectivity index is 2.15. The molecule has 1 unspecified atom stereocenters. The molecule has 74 valence electrons. The third-order valence-electron chi connectivity index (χ3n) is 2.29. The molecule has 2 nitrogen and oxygen atoms in total. The minimum absolute atomic E-state index is 0.0753. The monoisotopic (exact) mass is 193 g/mol. The molecule has 2 rings (SSSR count). The highest BCUT2D eigenvalue weighted by Gasteiger charge is 2.14. The number of rotatable bonds is 2. The molecule has 0 N–H and O–H groups in total. The lowest BCUT2D eigenvalue weighted by Gasteiger charge is -2.07. The summed E-state index contributed by atoms with van der Waals surface area (Å²) in [7, 11) is 0. The van der Waals surface area contributed by atoms with Gasteiger partial charge in [-0.15, -0.1) is 0 Å². The standard InChI is InChI=1S/C11H12FNO/c1-8-2-3-11(12)9(4-8)5-10-6-14-7-13-10/h2-4,7,10H,5-6H2,1H3. The van der Waals surface area contributed by atoms with Crippen molar-refractivity contribution in [2.24, 2.45) is 4.99 Å². The van der Waals surface area contributed by atoms with Crippen molar-refractivity contribution in [3.8, 4) is 0 Å². The van der Waals surface area contributed by atoms with Crippen LogP contribution in [0.1, 0.15) is 11.1 Å². The lowest BCUT2D eigenvalue weighted by molar-refractivity contribution is 0.326. The predicted molar refractivity (Wildman–Crippen MR) is 53.1 cm³/mol. The molecule has 0 spiro atoms. The van der Waals surface area contributed by atoms with Crippen LogP contribution in [0.3, 0.4) is 0 Å². The Morgan fingerprint density at radius 3 is 3.14 bits per heavy atom. The van der Waals surface area contributed by atoms with E-state index in [0.717, 1.165) is 11.1 Å². The van der Waals surface area contributed by atoms with E-state index < -0.39 is 0 Å². The van der Waals surface area contributed by atoms with Gasteiger partial charge in [0.25, 0.3) is 0 Å². The van der Waals surface area contributed by atoms with Crippen LogP contribution in [-0.4, -0.2) is 19.0 Å². The van der Waals surface area contributed by atoms with Gasteiger partial charge in [-0.3, -0.25) is 4.99 Å². The molecule has 1 heterocycles. The molecule has 0 radical (unpaired) electrons. The Morgan fingerprint density at radius 1 is 1.57 bits per heavy atom. The Hall–Kier alpha value is -1.38. The molecular weight excluding hydrogens is 181 g/mol. The van der Waals surface area contributed by atoms with Crippen LogP contribution in [0.5, 0.6) is 0 Å². The first-order valence-electron chi connectivity index (χ1n) is 4.64. The topological polar surface area (TPSA) is 21.6 Å². The first-order chi connectivity index (χ1) is 6.75. The van der Waals surface area contributed by atoms with Crippen LogP contribution in [0.2, 0.25) is 0 Å². The van der Waals surface area contributed by atoms with E-state index in [0.29, 0.717) is 13.0 Å². The lowest BCUT2D eigenvalue weighted by Crippen LogP contribution is -2.11. The Labute approximate surface area is 82.4 Å². The van der Waals surface area contributed by atoms with Crippen molar-refractivity contribution in [2.45, 2.75) is 19.4 Å². The summed E-state index contributed by atoms with van der Waals surface area (Å²) in [4.78, 5) is 4.09. The van der Waals surface area contributed by atoms with Gasteiger partial charge in [-0.2, -0.15) is 0 Å². The maximum absolute atomic E-state index is 13.3. The molecule has 1 atom stereocenters. The van der Waals surface area contributed by atoms with E-state index in [1.807, 2.05) is 13.0 Å². The van der Waals surface area contributed by atoms with Gasteiger partial charge < -0.3 is 4.74 Å². The summed E-state index contributed by atoms with van der Waals surface area (Å²) in [5.41, 5.74) is 1.79. The van der Waals surface area contributed by atoms with E-state index >= 15 is 0 Å². The first kappa shape index (κ1) is 9.19. The third kappa shape index (κ3) is 1.92. The summed E-state index contributed by atoms with van der Waals surface area (Å²) in [6.45, 7) is 2.52. The molecule has 14 heavy (non-hydrogen) atoms. The van der Waals surface area contributed by atoms with Crippen molar-refractivity contribution in [1.29, 1.82) is 0 Å². The third-order valence-corrected chi connectivity index (χ3v) is 2.29. The van der Waals surface area contributed by atoms with Crippen molar-refractivity contribution in [3.63, 3.8) is 0 Å². The van der Waals surface area contributed by atoms with Crippen molar-refractivity contribution >= 4 is 6.40 Å². The number of halogens is 1. The van der Waals surface area contributed by atoms with E-state index in [1.165, 1.54) is 12.5 Å². The van der Waals surface area contributed by atoms with E-state index in [2.05, 4.69) is 4.99 Å². The zero-order valence-corrected chi connectivity index (χ0v) is 8.03. The number of aliphatic imine (C=N–C) groups is 1. The molecule has 0 aromatic heterocycles. The van der Waals surface area contributed by atoms with Crippen LogP contribution < -0.4 is 0 Å². The van der Waals surface area contributed by atoms with Gasteiger partial charge >= 0.3 is 0 Å². The minimum Gasteiger partial charge on any atom is -0.481 e. The van der Waals surface area contributed by atoms with Crippen molar-refractivity contribution in [1.82, 2.24) is 0 Å². The highest BCUT2D eigenvalue weighted by atomic mass is 19.1. The number of aryl methyl sites for hydroxylation is 1. The summed E-state index contributed by atoms with van der Waals surface area (Å²) < 4.78 is 18.3. The van der Waals surface area contributed by atoms with Crippen LogP contribution >= 0.6 is 0 Å². The highest BCUT2D eigenvalue weighted by molar-refractivity contribution is 5.49. The quantitative estimate of drug-likeness (QED) is 0.704. The number of benzene rings is 1. The summed E-state index contributed by atoms with van der Waals surface area (Å²) in [5.74, 6) is -0.155. The molecule has 1 aromatic rings. The minimum atomic E-state index is -0.155. The second-order valence-electron chi connectivity index (χ2n) is 3.54. The Kier molecular flexibility index (Phi) is 2.48. The van der Waals surface area contributed by atoms with Gasteiger partial charge in [0.15, 0.2) is 6.40 Å². The van der Waals surface area contributed by atoms with E-state index in [4.69, 9.17) is 4.74 Å². The average molecular weight is 193 g/mol. The van der Waals surface area contributed by atoms with Crippen LogP contribution in [0.15, 0.2) is 23.2 Å². The summed E-state index contributed by atoms with van der Waals surface area (Å²) >= 11 is 0. The summed E-state index contributed by atoms with van der Waals surface area (Å²) in [6.07, 6.45) is 2.06. The molecule has 0 bridgehead atoms. The van der Waals surface area contributed by atoms with E-state index in [1.54, 1.807) is 6.07 Å². The van der Waals surface area contributed by atoms with Gasteiger partial charge in [0, 0.05) is 6.42 Å². The fourth-order valence-corrected chi connectivity index (χ4v) is 1.55. The van der Waals surface area contributed by atoms with Crippen molar-refractivity contribution in [2.75, 3.05) is 6.61 Å². The zero-order valence-electron chi connectivity index (χ0n) is 8.03. The number of nitrogens with zero attached hydrogens (tertiary/aromatic N) is 1. The largest absolute Gasteiger partial charge is 0.481 e. The van der Waals surface area contributed by atoms with Gasteiger partial charge in [-0.05, 0) is 18.6 Å². The van der Waals surface area contributed by atoms with E-state index in [-0.39, 0.29) is 11.9 Å². The van der Waals surface area contributed by atoms with Gasteiger partial charge in [-0.25, -0.2) is 4.39 Å². The highest BCUT2D eigenvalue weighted by Crippen LogP contribution is 2.14. The molecule has 1 aromatic carbocycles. The maximum atomic E-state index is 13.3. The number of hydrogen-bond donors (Lipinski definition) is 0.